The first-order chi connectivity index (χ1) is 6.77. The van der Waals surface area contributed by atoms with Crippen LogP contribution in [0.5, 0.6) is 0 Å². The molecule has 0 bridgehead atoms. The van der Waals surface area contributed by atoms with E-state index in [9.17, 15) is 0 Å². The maximum absolute atomic E-state index is 6.64. The van der Waals surface area contributed by atoms with Crippen LogP contribution in [0, 0.1) is 0 Å². The summed E-state index contributed by atoms with van der Waals surface area (Å²) in [5.41, 5.74) is 0. The van der Waals surface area contributed by atoms with Crippen LogP contribution in [0.25, 0.3) is 0 Å². The van der Waals surface area contributed by atoms with Crippen LogP contribution in [0.1, 0.15) is 27.7 Å². The standard InChI is InChI=1S/C12H32NOSi2/c1-11-13(5,15(6,7)8)14-16(9,10)12(2,3)4/h11H2,1-10H3/q+1. The molecule has 0 saturated heterocycles. The van der Waals surface area contributed by atoms with E-state index in [2.05, 4.69) is 67.5 Å². The fraction of sp³-hybridized carbons (Fsp3) is 1.00. The summed E-state index contributed by atoms with van der Waals surface area (Å²) < 4.78 is 7.48. The normalized spacial score (nSPS) is 18.4. The predicted octanol–water partition coefficient (Wildman–Crippen LogP) is 4.22. The Labute approximate surface area is 105 Å². The van der Waals surface area contributed by atoms with Gasteiger partial charge in [-0.1, -0.05) is 20.8 Å². The Kier molecular flexibility index (Phi) is 4.66. The van der Waals surface area contributed by atoms with Crippen LogP contribution in [0.4, 0.5) is 0 Å². The number of hydrogen-bond donors (Lipinski definition) is 0. The maximum atomic E-state index is 6.64. The van der Waals surface area contributed by atoms with Gasteiger partial charge >= 0.3 is 8.24 Å². The molecule has 0 radical (unpaired) electrons. The molecule has 0 amide bonds. The second-order valence-corrected chi connectivity index (χ2v) is 17.4. The van der Waals surface area contributed by atoms with Gasteiger partial charge in [0.15, 0.2) is 0 Å². The van der Waals surface area contributed by atoms with Crippen molar-refractivity contribution in [2.45, 2.75) is 65.5 Å². The zero-order valence-electron chi connectivity index (χ0n) is 13.1. The van der Waals surface area contributed by atoms with Crippen LogP contribution >= 0.6 is 0 Å². The highest BCUT2D eigenvalue weighted by molar-refractivity contribution is 6.75. The van der Waals surface area contributed by atoms with Gasteiger partial charge in [-0.25, -0.2) is 0 Å². The van der Waals surface area contributed by atoms with Crippen molar-refractivity contribution in [2.24, 2.45) is 0 Å². The van der Waals surface area contributed by atoms with E-state index >= 15 is 0 Å². The molecule has 0 fully saturated rings. The van der Waals surface area contributed by atoms with E-state index in [1.54, 1.807) is 0 Å². The molecule has 0 saturated carbocycles. The summed E-state index contributed by atoms with van der Waals surface area (Å²) in [6, 6.07) is 0. The first-order valence-electron chi connectivity index (χ1n) is 6.33. The first kappa shape index (κ1) is 16.4. The summed E-state index contributed by atoms with van der Waals surface area (Å²) in [5.74, 6) is 0. The predicted molar refractivity (Wildman–Crippen MR) is 78.4 cm³/mol. The number of hydroxylamine groups is 2. The molecule has 0 spiro atoms. The minimum absolute atomic E-state index is 0.293. The van der Waals surface area contributed by atoms with Gasteiger partial charge in [0.2, 0.25) is 0 Å². The van der Waals surface area contributed by atoms with Gasteiger partial charge in [0.05, 0.1) is 13.6 Å². The van der Waals surface area contributed by atoms with Crippen LogP contribution in [0.2, 0.25) is 37.8 Å². The minimum atomic E-state index is -1.66. The largest absolute Gasteiger partial charge is 0.306 e. The third-order valence-electron chi connectivity index (χ3n) is 4.26. The van der Waals surface area contributed by atoms with Gasteiger partial charge in [0.25, 0.3) is 8.32 Å². The lowest BCUT2D eigenvalue weighted by Gasteiger charge is -2.49. The molecule has 0 aliphatic heterocycles. The van der Waals surface area contributed by atoms with Crippen LogP contribution in [0.3, 0.4) is 0 Å². The lowest BCUT2D eigenvalue weighted by atomic mass is 10.2. The van der Waals surface area contributed by atoms with Crippen LogP contribution in [0.15, 0.2) is 0 Å². The number of rotatable bonds is 4. The van der Waals surface area contributed by atoms with Crippen LogP contribution in [-0.2, 0) is 4.53 Å². The van der Waals surface area contributed by atoms with Gasteiger partial charge in [-0.2, -0.15) is 0 Å². The van der Waals surface area contributed by atoms with Gasteiger partial charge in [-0.15, -0.1) is 0 Å². The Hall–Kier alpha value is 0.354. The number of hydrogen-bond acceptors (Lipinski definition) is 1. The first-order valence-corrected chi connectivity index (χ1v) is 12.7. The van der Waals surface area contributed by atoms with Crippen molar-refractivity contribution in [3.05, 3.63) is 0 Å². The van der Waals surface area contributed by atoms with Crippen LogP contribution in [-0.4, -0.2) is 34.5 Å². The molecule has 0 aromatic carbocycles. The quantitative estimate of drug-likeness (QED) is 0.544. The highest BCUT2D eigenvalue weighted by Crippen LogP contribution is 2.39. The van der Waals surface area contributed by atoms with Crippen molar-refractivity contribution < 1.29 is 8.84 Å². The molecule has 0 aliphatic rings. The number of nitrogens with zero attached hydrogens (tertiary/aromatic N) is 1. The lowest BCUT2D eigenvalue weighted by molar-refractivity contribution is -0.989. The van der Waals surface area contributed by atoms with E-state index in [4.69, 9.17) is 4.53 Å². The van der Waals surface area contributed by atoms with E-state index in [1.165, 1.54) is 0 Å². The average molecular weight is 263 g/mol. The fourth-order valence-corrected chi connectivity index (χ4v) is 5.46. The molecule has 2 nitrogen and oxygen atoms in total. The van der Waals surface area contributed by atoms with Gasteiger partial charge in [0.1, 0.15) is 0 Å². The maximum Gasteiger partial charge on any atom is 0.306 e. The van der Waals surface area contributed by atoms with Gasteiger partial charge in [-0.3, -0.25) is 8.84 Å². The Balaban J connectivity index is 5.08. The summed E-state index contributed by atoms with van der Waals surface area (Å²) in [5, 5.41) is 0.293. The molecule has 16 heavy (non-hydrogen) atoms. The van der Waals surface area contributed by atoms with Crippen molar-refractivity contribution in [1.82, 2.24) is 0 Å². The second kappa shape index (κ2) is 4.55. The molecule has 1 atom stereocenters. The Bertz CT molecular complexity index is 240. The molecular formula is C12H32NOSi2+. The summed E-state index contributed by atoms with van der Waals surface area (Å²) >= 11 is 0. The Morgan fingerprint density at radius 1 is 1.00 bits per heavy atom. The van der Waals surface area contributed by atoms with Gasteiger partial charge < -0.3 is 0 Å². The molecular weight excluding hydrogens is 230 g/mol. The summed E-state index contributed by atoms with van der Waals surface area (Å²) in [7, 11) is -0.743. The Morgan fingerprint density at radius 2 is 1.38 bits per heavy atom. The van der Waals surface area contributed by atoms with Gasteiger partial charge in [0, 0.05) is 0 Å². The SMILES string of the molecule is CC[N+](C)(O[Si](C)(C)C(C)(C)C)[Si](C)(C)C. The molecule has 0 rings (SSSR count). The fourth-order valence-electron chi connectivity index (χ4n) is 1.32. The van der Waals surface area contributed by atoms with E-state index in [1.807, 2.05) is 0 Å². The number of quaternary nitrogens is 1. The minimum Gasteiger partial charge on any atom is -0.276 e. The van der Waals surface area contributed by atoms with Crippen molar-refractivity contribution in [3.8, 4) is 0 Å². The molecule has 0 aromatic heterocycles. The molecule has 1 unspecified atom stereocenters. The molecule has 0 heterocycles. The highest BCUT2D eigenvalue weighted by Gasteiger charge is 2.49. The smallest absolute Gasteiger partial charge is 0.276 e. The van der Waals surface area contributed by atoms with E-state index < -0.39 is 16.6 Å². The van der Waals surface area contributed by atoms with Crippen molar-refractivity contribution in [3.63, 3.8) is 0 Å². The average Bonchev–Trinajstić information content (AvgIpc) is 1.99. The summed E-state index contributed by atoms with van der Waals surface area (Å²) in [6.45, 7) is 22.1. The molecule has 0 aliphatic carbocycles. The topological polar surface area (TPSA) is 9.23 Å². The second-order valence-electron chi connectivity index (χ2n) is 7.44. The molecule has 0 aromatic rings. The third-order valence-corrected chi connectivity index (χ3v) is 12.2. The molecule has 98 valence electrons. The molecule has 4 heteroatoms. The van der Waals surface area contributed by atoms with Gasteiger partial charge in [-0.05, 0) is 44.7 Å². The van der Waals surface area contributed by atoms with Crippen molar-refractivity contribution >= 4 is 16.6 Å². The van der Waals surface area contributed by atoms with Crippen molar-refractivity contribution in [2.75, 3.05) is 13.6 Å². The van der Waals surface area contributed by atoms with Crippen LogP contribution < -0.4 is 0 Å². The highest BCUT2D eigenvalue weighted by atomic mass is 28.4. The summed E-state index contributed by atoms with van der Waals surface area (Å²) in [6.07, 6.45) is 0. The lowest BCUT2D eigenvalue weighted by Crippen LogP contribution is -2.66. The Morgan fingerprint density at radius 3 is 1.56 bits per heavy atom. The zero-order valence-corrected chi connectivity index (χ0v) is 15.1. The van der Waals surface area contributed by atoms with E-state index in [-0.39, 0.29) is 0 Å². The van der Waals surface area contributed by atoms with E-state index in [0.29, 0.717) is 5.04 Å². The third kappa shape index (κ3) is 3.42. The monoisotopic (exact) mass is 262 g/mol. The van der Waals surface area contributed by atoms with E-state index in [0.717, 1.165) is 10.9 Å². The molecule has 0 N–H and O–H groups in total. The van der Waals surface area contributed by atoms with Crippen molar-refractivity contribution in [1.29, 1.82) is 0 Å². The summed E-state index contributed by atoms with van der Waals surface area (Å²) in [4.78, 5) is 0. The zero-order chi connectivity index (χ0) is 13.4.